The Bertz CT molecular complexity index is 1550. The minimum atomic E-state index is -0.212. The average molecular weight is 571 g/mol. The van der Waals surface area contributed by atoms with Gasteiger partial charge in [-0.2, -0.15) is 0 Å². The summed E-state index contributed by atoms with van der Waals surface area (Å²) in [7, 11) is 0. The molecule has 2 amide bonds. The number of rotatable bonds is 8. The molecule has 1 atom stereocenters. The maximum Gasteiger partial charge on any atom is 0.254 e. The monoisotopic (exact) mass is 570 g/mol. The molecule has 2 aromatic heterocycles. The van der Waals surface area contributed by atoms with Gasteiger partial charge in [-0.25, -0.2) is 9.97 Å². The molecule has 0 radical (unpaired) electrons. The molecule has 41 heavy (non-hydrogen) atoms. The van der Waals surface area contributed by atoms with Crippen LogP contribution in [0.5, 0.6) is 0 Å². The molecule has 0 saturated carbocycles. The Morgan fingerprint density at radius 3 is 2.63 bits per heavy atom. The minimum Gasteiger partial charge on any atom is -0.381 e. The molecule has 210 valence electrons. The van der Waals surface area contributed by atoms with E-state index in [1.807, 2.05) is 72.4 Å². The van der Waals surface area contributed by atoms with Crippen LogP contribution in [0.3, 0.4) is 0 Å². The third kappa shape index (κ3) is 5.96. The van der Waals surface area contributed by atoms with E-state index in [1.165, 1.54) is 0 Å². The van der Waals surface area contributed by atoms with E-state index < -0.39 is 0 Å². The van der Waals surface area contributed by atoms with E-state index in [2.05, 4.69) is 20.6 Å². The number of amides is 2. The molecule has 2 aliphatic heterocycles. The fourth-order valence-electron chi connectivity index (χ4n) is 5.29. The van der Waals surface area contributed by atoms with E-state index in [9.17, 15) is 9.59 Å². The molecule has 0 aliphatic carbocycles. The van der Waals surface area contributed by atoms with Crippen molar-refractivity contribution in [2.75, 3.05) is 25.1 Å². The van der Waals surface area contributed by atoms with Crippen molar-refractivity contribution in [2.45, 2.75) is 38.4 Å². The molecule has 4 aromatic rings. The Kier molecular flexibility index (Phi) is 7.71. The summed E-state index contributed by atoms with van der Waals surface area (Å²) in [5, 5.41) is 6.79. The number of halogens is 1. The number of nitrogens with zero attached hydrogens (tertiary/aromatic N) is 4. The molecule has 1 saturated heterocycles. The van der Waals surface area contributed by atoms with Gasteiger partial charge in [-0.3, -0.25) is 9.59 Å². The maximum atomic E-state index is 13.3. The standard InChI is InChI=1S/C31H31ClN6O3/c1-20(21-6-8-25(9-7-21)37-12-2-3-13-37)34-28(39)19-38-18-23-5-4-22(16-26(23)30(38)40)29-27(32)17-33-31(36-29)35-24-10-14-41-15-11-24/h2-9,12-13,16-17,20,24H,10-11,14-15,18-19H2,1H3,(H,34,39)(H,33,35,36). The molecule has 0 spiro atoms. The van der Waals surface area contributed by atoms with Gasteiger partial charge in [0.05, 0.1) is 23.0 Å². The number of hydrogen-bond acceptors (Lipinski definition) is 6. The molecule has 2 aliphatic rings. The highest BCUT2D eigenvalue weighted by atomic mass is 35.5. The third-order valence-corrected chi connectivity index (χ3v) is 7.84. The van der Waals surface area contributed by atoms with Gasteiger partial charge in [0.15, 0.2) is 0 Å². The summed E-state index contributed by atoms with van der Waals surface area (Å²) in [6, 6.07) is 17.6. The Morgan fingerprint density at radius 1 is 1.12 bits per heavy atom. The second-order valence-corrected chi connectivity index (χ2v) is 10.8. The molecular weight excluding hydrogens is 540 g/mol. The fourth-order valence-corrected chi connectivity index (χ4v) is 5.49. The zero-order valence-electron chi connectivity index (χ0n) is 22.7. The maximum absolute atomic E-state index is 13.3. The first kappa shape index (κ1) is 27.0. The van der Waals surface area contributed by atoms with E-state index in [0.29, 0.717) is 42.0 Å². The first-order valence-corrected chi connectivity index (χ1v) is 14.1. The number of fused-ring (bicyclic) bond motifs is 1. The number of carbonyl (C=O) groups is 2. The summed E-state index contributed by atoms with van der Waals surface area (Å²) < 4.78 is 7.45. The summed E-state index contributed by atoms with van der Waals surface area (Å²) >= 11 is 6.47. The topological polar surface area (TPSA) is 101 Å². The van der Waals surface area contributed by atoms with Gasteiger partial charge in [0.25, 0.3) is 5.91 Å². The summed E-state index contributed by atoms with van der Waals surface area (Å²) in [4.78, 5) is 36.7. The van der Waals surface area contributed by atoms with Gasteiger partial charge in [-0.05, 0) is 61.2 Å². The molecule has 1 fully saturated rings. The van der Waals surface area contributed by atoms with Crippen LogP contribution in [-0.4, -0.2) is 57.0 Å². The second-order valence-electron chi connectivity index (χ2n) is 10.4. The van der Waals surface area contributed by atoms with Crippen molar-refractivity contribution in [1.29, 1.82) is 0 Å². The largest absolute Gasteiger partial charge is 0.381 e. The van der Waals surface area contributed by atoms with Crippen molar-refractivity contribution >= 4 is 29.4 Å². The predicted molar refractivity (Wildman–Crippen MR) is 157 cm³/mol. The zero-order valence-corrected chi connectivity index (χ0v) is 23.5. The van der Waals surface area contributed by atoms with Crippen LogP contribution in [0.25, 0.3) is 16.9 Å². The first-order valence-electron chi connectivity index (χ1n) is 13.8. The van der Waals surface area contributed by atoms with Crippen LogP contribution in [0.15, 0.2) is 73.2 Å². The number of aromatic nitrogens is 3. The highest BCUT2D eigenvalue weighted by molar-refractivity contribution is 6.33. The number of carbonyl (C=O) groups excluding carboxylic acids is 2. The second kappa shape index (κ2) is 11.7. The Balaban J connectivity index is 1.10. The predicted octanol–water partition coefficient (Wildman–Crippen LogP) is 5.01. The lowest BCUT2D eigenvalue weighted by molar-refractivity contribution is -0.122. The van der Waals surface area contributed by atoms with Crippen molar-refractivity contribution in [1.82, 2.24) is 24.8 Å². The fraction of sp³-hybridized carbons (Fsp3) is 0.290. The lowest BCUT2D eigenvalue weighted by Gasteiger charge is -2.23. The van der Waals surface area contributed by atoms with Crippen LogP contribution in [0, 0.1) is 0 Å². The summed E-state index contributed by atoms with van der Waals surface area (Å²) in [5.74, 6) is 0.0948. The van der Waals surface area contributed by atoms with Gasteiger partial charge in [-0.15, -0.1) is 0 Å². The van der Waals surface area contributed by atoms with E-state index in [1.54, 1.807) is 17.2 Å². The van der Waals surface area contributed by atoms with Crippen LogP contribution < -0.4 is 10.6 Å². The summed E-state index contributed by atoms with van der Waals surface area (Å²) in [5.41, 5.74) is 4.74. The lowest BCUT2D eigenvalue weighted by Crippen LogP contribution is -2.38. The Morgan fingerprint density at radius 2 is 1.88 bits per heavy atom. The van der Waals surface area contributed by atoms with Gasteiger partial charge in [0.1, 0.15) is 6.54 Å². The van der Waals surface area contributed by atoms with Crippen LogP contribution in [0.1, 0.15) is 47.3 Å². The minimum absolute atomic E-state index is 0.0257. The molecule has 6 rings (SSSR count). The van der Waals surface area contributed by atoms with Crippen molar-refractivity contribution in [3.8, 4) is 16.9 Å². The smallest absolute Gasteiger partial charge is 0.254 e. The van der Waals surface area contributed by atoms with Crippen molar-refractivity contribution in [3.05, 3.63) is 94.9 Å². The first-order chi connectivity index (χ1) is 19.9. The number of ether oxygens (including phenoxy) is 1. The number of hydrogen-bond donors (Lipinski definition) is 2. The molecule has 4 heterocycles. The normalized spacial score (nSPS) is 16.0. The highest BCUT2D eigenvalue weighted by Crippen LogP contribution is 2.31. The van der Waals surface area contributed by atoms with Crippen molar-refractivity contribution in [2.24, 2.45) is 0 Å². The molecule has 2 aromatic carbocycles. The van der Waals surface area contributed by atoms with Gasteiger partial charge in [0, 0.05) is 55.0 Å². The van der Waals surface area contributed by atoms with Crippen LogP contribution in [0.4, 0.5) is 5.95 Å². The highest BCUT2D eigenvalue weighted by Gasteiger charge is 2.30. The number of benzene rings is 2. The Hall–Kier alpha value is -4.21. The van der Waals surface area contributed by atoms with Crippen LogP contribution in [0.2, 0.25) is 5.02 Å². The zero-order chi connectivity index (χ0) is 28.3. The Labute approximate surface area is 243 Å². The molecule has 1 unspecified atom stereocenters. The van der Waals surface area contributed by atoms with E-state index in [4.69, 9.17) is 16.3 Å². The lowest BCUT2D eigenvalue weighted by atomic mass is 10.0. The van der Waals surface area contributed by atoms with Crippen LogP contribution in [-0.2, 0) is 16.1 Å². The SMILES string of the molecule is CC(NC(=O)CN1Cc2ccc(-c3nc(NC4CCOCC4)ncc3Cl)cc2C1=O)c1ccc(-n2cccc2)cc1. The van der Waals surface area contributed by atoms with Gasteiger partial charge in [0.2, 0.25) is 11.9 Å². The molecule has 10 heteroatoms. The van der Waals surface area contributed by atoms with Gasteiger partial charge < -0.3 is 24.8 Å². The molecule has 9 nitrogen and oxygen atoms in total. The summed E-state index contributed by atoms with van der Waals surface area (Å²) in [6.07, 6.45) is 7.32. The van der Waals surface area contributed by atoms with E-state index >= 15 is 0 Å². The number of anilines is 1. The van der Waals surface area contributed by atoms with E-state index in [0.717, 1.165) is 35.2 Å². The third-order valence-electron chi connectivity index (χ3n) is 7.57. The van der Waals surface area contributed by atoms with Gasteiger partial charge >= 0.3 is 0 Å². The van der Waals surface area contributed by atoms with Crippen molar-refractivity contribution in [3.63, 3.8) is 0 Å². The molecular formula is C31H31ClN6O3. The number of nitrogens with one attached hydrogen (secondary N) is 2. The van der Waals surface area contributed by atoms with E-state index in [-0.39, 0.29) is 30.4 Å². The summed E-state index contributed by atoms with van der Waals surface area (Å²) in [6.45, 7) is 3.70. The molecule has 2 N–H and O–H groups in total. The van der Waals surface area contributed by atoms with Gasteiger partial charge in [-0.1, -0.05) is 35.9 Å². The quantitative estimate of drug-likeness (QED) is 0.309. The average Bonchev–Trinajstić information content (AvgIpc) is 3.63. The van der Waals surface area contributed by atoms with Crippen molar-refractivity contribution < 1.29 is 14.3 Å². The van der Waals surface area contributed by atoms with Crippen LogP contribution >= 0.6 is 11.6 Å². The molecule has 0 bridgehead atoms.